The van der Waals surface area contributed by atoms with Crippen LogP contribution in [0.1, 0.15) is 22.5 Å². The van der Waals surface area contributed by atoms with Gasteiger partial charge in [-0.3, -0.25) is 9.88 Å². The number of nitrogens with zero attached hydrogens (tertiary/aromatic N) is 3. The molecule has 0 aliphatic carbocycles. The molecule has 3 aromatic rings. The van der Waals surface area contributed by atoms with Crippen molar-refractivity contribution in [2.45, 2.75) is 26.9 Å². The van der Waals surface area contributed by atoms with Gasteiger partial charge in [0.25, 0.3) is 0 Å². The molecule has 0 aliphatic rings. The lowest BCUT2D eigenvalue weighted by atomic mass is 10.0. The van der Waals surface area contributed by atoms with Crippen LogP contribution in [-0.4, -0.2) is 27.0 Å². The van der Waals surface area contributed by atoms with Crippen molar-refractivity contribution in [1.29, 1.82) is 0 Å². The fourth-order valence-corrected chi connectivity index (χ4v) is 3.37. The quantitative estimate of drug-likeness (QED) is 0.758. The molecule has 0 bridgehead atoms. The van der Waals surface area contributed by atoms with Crippen molar-refractivity contribution in [2.75, 3.05) is 7.05 Å². The minimum Gasteiger partial charge on any atom is -0.508 e. The van der Waals surface area contributed by atoms with Gasteiger partial charge in [-0.05, 0) is 61.5 Å². The number of hydrogen-bond donors (Lipinski definition) is 1. The second-order valence-electron chi connectivity index (χ2n) is 6.09. The lowest BCUT2D eigenvalue weighted by molar-refractivity contribution is 0.313. The normalized spacial score (nSPS) is 11.2. The Morgan fingerprint density at radius 1 is 1.17 bits per heavy atom. The third kappa shape index (κ3) is 3.80. The number of rotatable bonds is 5. The number of aromatic nitrogens is 2. The van der Waals surface area contributed by atoms with Gasteiger partial charge in [0.05, 0.1) is 17.1 Å². The number of aromatic hydroxyl groups is 1. The van der Waals surface area contributed by atoms with E-state index in [0.717, 1.165) is 34.8 Å². The Morgan fingerprint density at radius 3 is 2.75 bits per heavy atom. The first-order valence-corrected chi connectivity index (χ1v) is 8.79. The van der Waals surface area contributed by atoms with Gasteiger partial charge in [-0.15, -0.1) is 0 Å². The second-order valence-corrected chi connectivity index (χ2v) is 6.87. The highest BCUT2D eigenvalue weighted by Gasteiger charge is 2.11. The largest absolute Gasteiger partial charge is 0.508 e. The number of phenols is 1. The molecule has 0 unspecified atom stereocenters. The van der Waals surface area contributed by atoms with Gasteiger partial charge in [0.1, 0.15) is 5.75 Å². The summed E-state index contributed by atoms with van der Waals surface area (Å²) in [4.78, 5) is 11.2. The minimum atomic E-state index is 0.314. The maximum absolute atomic E-state index is 10.2. The van der Waals surface area contributed by atoms with Gasteiger partial charge in [0, 0.05) is 30.4 Å². The molecule has 2 aromatic heterocycles. The van der Waals surface area contributed by atoms with Crippen LogP contribution in [0, 0.1) is 13.8 Å². The van der Waals surface area contributed by atoms with Gasteiger partial charge in [0.2, 0.25) is 0 Å². The summed E-state index contributed by atoms with van der Waals surface area (Å²) in [6.45, 7) is 5.42. The Balaban J connectivity index is 1.85. The van der Waals surface area contributed by atoms with Crippen molar-refractivity contribution in [1.82, 2.24) is 14.9 Å². The highest BCUT2D eigenvalue weighted by molar-refractivity contribution is 7.07. The van der Waals surface area contributed by atoms with Crippen LogP contribution in [0.5, 0.6) is 5.75 Å². The van der Waals surface area contributed by atoms with Gasteiger partial charge in [0.15, 0.2) is 0 Å². The zero-order valence-corrected chi connectivity index (χ0v) is 15.0. The summed E-state index contributed by atoms with van der Waals surface area (Å²) in [6.07, 6.45) is 1.77. The first kappa shape index (κ1) is 16.6. The van der Waals surface area contributed by atoms with Crippen molar-refractivity contribution in [3.05, 3.63) is 63.7 Å². The molecule has 0 saturated carbocycles. The summed E-state index contributed by atoms with van der Waals surface area (Å²) in [5, 5.41) is 14.5. The SMILES string of the molecule is Cc1cnc(C)c(-c2ccc(O)c(CN(C)Cc3ccsc3)c2)n1. The maximum atomic E-state index is 10.2. The number of hydrogen-bond acceptors (Lipinski definition) is 5. The minimum absolute atomic E-state index is 0.314. The van der Waals surface area contributed by atoms with E-state index < -0.39 is 0 Å². The van der Waals surface area contributed by atoms with E-state index in [4.69, 9.17) is 0 Å². The molecule has 2 heterocycles. The lowest BCUT2D eigenvalue weighted by Crippen LogP contribution is -2.17. The van der Waals surface area contributed by atoms with E-state index >= 15 is 0 Å². The second kappa shape index (κ2) is 7.11. The molecule has 0 amide bonds. The summed E-state index contributed by atoms with van der Waals surface area (Å²) in [6, 6.07) is 7.78. The molecule has 0 fully saturated rings. The van der Waals surface area contributed by atoms with Crippen LogP contribution in [0.2, 0.25) is 0 Å². The lowest BCUT2D eigenvalue weighted by Gasteiger charge is -2.17. The maximum Gasteiger partial charge on any atom is 0.120 e. The average Bonchev–Trinajstić information content (AvgIpc) is 3.05. The molecular formula is C19H21N3OS. The Hall–Kier alpha value is -2.24. The molecule has 0 saturated heterocycles. The van der Waals surface area contributed by atoms with Crippen molar-refractivity contribution in [2.24, 2.45) is 0 Å². The third-order valence-electron chi connectivity index (χ3n) is 3.90. The monoisotopic (exact) mass is 339 g/mol. The Morgan fingerprint density at radius 2 is 2.00 bits per heavy atom. The number of phenolic OH excluding ortho intramolecular Hbond substituents is 1. The van der Waals surface area contributed by atoms with Gasteiger partial charge >= 0.3 is 0 Å². The molecule has 1 aromatic carbocycles. The average molecular weight is 339 g/mol. The van der Waals surface area contributed by atoms with Crippen LogP contribution in [-0.2, 0) is 13.1 Å². The van der Waals surface area contributed by atoms with Gasteiger partial charge < -0.3 is 5.11 Å². The van der Waals surface area contributed by atoms with Crippen LogP contribution < -0.4 is 0 Å². The highest BCUT2D eigenvalue weighted by Crippen LogP contribution is 2.27. The Bertz CT molecular complexity index is 831. The standard InChI is InChI=1S/C19H21N3OS/c1-13-9-20-14(2)19(21-13)16-4-5-18(23)17(8-16)11-22(3)10-15-6-7-24-12-15/h4-9,12,23H,10-11H2,1-3H3. The summed E-state index contributed by atoms with van der Waals surface area (Å²) < 4.78 is 0. The first-order valence-electron chi connectivity index (χ1n) is 7.85. The zero-order valence-electron chi connectivity index (χ0n) is 14.2. The summed E-state index contributed by atoms with van der Waals surface area (Å²) in [5.41, 5.74) is 5.83. The molecule has 0 radical (unpaired) electrons. The van der Waals surface area contributed by atoms with Crippen LogP contribution >= 0.6 is 11.3 Å². The Kier molecular flexibility index (Phi) is 4.92. The van der Waals surface area contributed by atoms with E-state index in [0.29, 0.717) is 12.3 Å². The van der Waals surface area contributed by atoms with E-state index in [1.54, 1.807) is 23.6 Å². The van der Waals surface area contributed by atoms with Crippen molar-refractivity contribution in [3.8, 4) is 17.0 Å². The summed E-state index contributed by atoms with van der Waals surface area (Å²) >= 11 is 1.70. The van der Waals surface area contributed by atoms with Crippen molar-refractivity contribution in [3.63, 3.8) is 0 Å². The van der Waals surface area contributed by atoms with Crippen molar-refractivity contribution >= 4 is 11.3 Å². The fourth-order valence-electron chi connectivity index (χ4n) is 2.71. The van der Waals surface area contributed by atoms with E-state index in [2.05, 4.69) is 38.7 Å². The van der Waals surface area contributed by atoms with Gasteiger partial charge in [-0.1, -0.05) is 0 Å². The van der Waals surface area contributed by atoms with E-state index in [-0.39, 0.29) is 0 Å². The van der Waals surface area contributed by atoms with Gasteiger partial charge in [-0.25, -0.2) is 4.98 Å². The molecule has 1 N–H and O–H groups in total. The third-order valence-corrected chi connectivity index (χ3v) is 4.63. The Labute approximate surface area is 146 Å². The fraction of sp³-hybridized carbons (Fsp3) is 0.263. The van der Waals surface area contributed by atoms with Crippen LogP contribution in [0.25, 0.3) is 11.3 Å². The predicted octanol–water partition coefficient (Wildman–Crippen LogP) is 4.16. The molecule has 24 heavy (non-hydrogen) atoms. The molecule has 3 rings (SSSR count). The highest BCUT2D eigenvalue weighted by atomic mass is 32.1. The number of thiophene rings is 1. The predicted molar refractivity (Wildman–Crippen MR) is 98.1 cm³/mol. The van der Waals surface area contributed by atoms with Crippen LogP contribution in [0.4, 0.5) is 0 Å². The molecule has 0 spiro atoms. The summed E-state index contributed by atoms with van der Waals surface area (Å²) in [7, 11) is 2.06. The molecule has 4 nitrogen and oxygen atoms in total. The van der Waals surface area contributed by atoms with Crippen LogP contribution in [0.3, 0.4) is 0 Å². The molecule has 0 atom stereocenters. The van der Waals surface area contributed by atoms with E-state index in [1.165, 1.54) is 5.56 Å². The van der Waals surface area contributed by atoms with E-state index in [1.807, 2.05) is 26.0 Å². The summed E-state index contributed by atoms with van der Waals surface area (Å²) in [5.74, 6) is 0.314. The first-order chi connectivity index (χ1) is 11.5. The molecule has 5 heteroatoms. The number of aryl methyl sites for hydroxylation is 2. The molecule has 0 aliphatic heterocycles. The van der Waals surface area contributed by atoms with Crippen LogP contribution in [0.15, 0.2) is 41.2 Å². The van der Waals surface area contributed by atoms with Crippen molar-refractivity contribution < 1.29 is 5.11 Å². The number of benzene rings is 1. The molecular weight excluding hydrogens is 318 g/mol. The smallest absolute Gasteiger partial charge is 0.120 e. The molecule has 124 valence electrons. The van der Waals surface area contributed by atoms with E-state index in [9.17, 15) is 5.11 Å². The topological polar surface area (TPSA) is 49.3 Å². The zero-order chi connectivity index (χ0) is 17.1. The van der Waals surface area contributed by atoms with Gasteiger partial charge in [-0.2, -0.15) is 11.3 Å².